The van der Waals surface area contributed by atoms with Gasteiger partial charge in [-0.05, 0) is 49.8 Å². The molecule has 5 nitrogen and oxygen atoms in total. The van der Waals surface area contributed by atoms with Crippen LogP contribution in [0.1, 0.15) is 12.0 Å². The zero-order valence-electron chi connectivity index (χ0n) is 15.6. The summed E-state index contributed by atoms with van der Waals surface area (Å²) >= 11 is 0. The van der Waals surface area contributed by atoms with Crippen LogP contribution in [0.4, 0.5) is 18.0 Å². The zero-order chi connectivity index (χ0) is 20.4. The molecule has 2 N–H and O–H groups in total. The van der Waals surface area contributed by atoms with Crippen LogP contribution in [-0.4, -0.2) is 43.8 Å². The highest BCUT2D eigenvalue weighted by molar-refractivity contribution is 5.73. The minimum atomic E-state index is -4.21. The second-order valence-electron chi connectivity index (χ2n) is 6.38. The van der Waals surface area contributed by atoms with Crippen LogP contribution >= 0.6 is 0 Å². The number of hydrogen-bond donors (Lipinski definition) is 2. The average Bonchev–Trinajstić information content (AvgIpc) is 2.63. The van der Waals surface area contributed by atoms with Crippen LogP contribution in [0.5, 0.6) is 11.5 Å². The van der Waals surface area contributed by atoms with Crippen molar-refractivity contribution in [1.82, 2.24) is 15.5 Å². The Bertz CT molecular complexity index is 739. The number of amides is 2. The molecule has 8 heteroatoms. The number of urea groups is 1. The molecule has 0 atom stereocenters. The molecule has 0 unspecified atom stereocenters. The molecule has 0 fully saturated rings. The molecule has 0 radical (unpaired) electrons. The van der Waals surface area contributed by atoms with E-state index in [1.54, 1.807) is 0 Å². The maximum Gasteiger partial charge on any atom is 0.401 e. The first-order valence-corrected chi connectivity index (χ1v) is 8.91. The fourth-order valence-electron chi connectivity index (χ4n) is 2.52. The van der Waals surface area contributed by atoms with Gasteiger partial charge in [-0.15, -0.1) is 0 Å². The molecule has 0 saturated carbocycles. The number of nitrogens with zero attached hydrogens (tertiary/aromatic N) is 1. The number of carbonyl (C=O) groups excluding carboxylic acids is 1. The van der Waals surface area contributed by atoms with Crippen molar-refractivity contribution in [3.8, 4) is 11.5 Å². The van der Waals surface area contributed by atoms with Gasteiger partial charge in [-0.1, -0.05) is 30.3 Å². The Morgan fingerprint density at radius 3 is 2.46 bits per heavy atom. The molecule has 2 aromatic rings. The molecule has 2 rings (SSSR count). The van der Waals surface area contributed by atoms with Gasteiger partial charge in [0.05, 0.1) is 6.54 Å². The molecule has 0 heterocycles. The van der Waals surface area contributed by atoms with E-state index in [1.807, 2.05) is 54.6 Å². The summed E-state index contributed by atoms with van der Waals surface area (Å²) < 4.78 is 42.4. The average molecular weight is 395 g/mol. The summed E-state index contributed by atoms with van der Waals surface area (Å²) in [5.74, 6) is 1.39. The molecule has 0 bridgehead atoms. The lowest BCUT2D eigenvalue weighted by Gasteiger charge is -2.18. The van der Waals surface area contributed by atoms with Crippen LogP contribution in [0.25, 0.3) is 0 Å². The molecule has 0 spiro atoms. The van der Waals surface area contributed by atoms with Gasteiger partial charge in [-0.2, -0.15) is 13.2 Å². The summed E-state index contributed by atoms with van der Waals surface area (Å²) in [5.41, 5.74) is 0.869. The molecule has 2 aromatic carbocycles. The summed E-state index contributed by atoms with van der Waals surface area (Å²) in [5, 5.41) is 5.35. The highest BCUT2D eigenvalue weighted by Crippen LogP contribution is 2.21. The predicted octanol–water partition coefficient (Wildman–Crippen LogP) is 4.16. The van der Waals surface area contributed by atoms with Gasteiger partial charge in [0, 0.05) is 13.1 Å². The fourth-order valence-corrected chi connectivity index (χ4v) is 2.52. The molecule has 152 valence electrons. The highest BCUT2D eigenvalue weighted by atomic mass is 19.4. The topological polar surface area (TPSA) is 53.6 Å². The maximum atomic E-state index is 12.2. The summed E-state index contributed by atoms with van der Waals surface area (Å²) in [6, 6.07) is 16.4. The van der Waals surface area contributed by atoms with E-state index in [0.717, 1.165) is 11.3 Å². The molecular weight excluding hydrogens is 371 g/mol. The SMILES string of the molecule is CN(CCCNC(=O)NCc1cccc(Oc2ccccc2)c1)CC(F)(F)F. The number of nitrogens with one attached hydrogen (secondary N) is 2. The van der Waals surface area contributed by atoms with E-state index in [0.29, 0.717) is 25.3 Å². The minimum Gasteiger partial charge on any atom is -0.457 e. The van der Waals surface area contributed by atoms with Crippen LogP contribution in [0.15, 0.2) is 54.6 Å². The standard InChI is InChI=1S/C20H24F3N3O2/c1-26(15-20(21,22)23)12-6-11-24-19(27)25-14-16-7-5-10-18(13-16)28-17-8-3-2-4-9-17/h2-5,7-10,13H,6,11-12,14-15H2,1H3,(H2,24,25,27). The van der Waals surface area contributed by atoms with Gasteiger partial charge in [-0.3, -0.25) is 4.90 Å². The van der Waals surface area contributed by atoms with Gasteiger partial charge in [0.2, 0.25) is 0 Å². The second-order valence-corrected chi connectivity index (χ2v) is 6.38. The van der Waals surface area contributed by atoms with E-state index < -0.39 is 12.7 Å². The molecule has 0 saturated heterocycles. The van der Waals surface area contributed by atoms with Crippen molar-refractivity contribution in [3.05, 3.63) is 60.2 Å². The fraction of sp³-hybridized carbons (Fsp3) is 0.350. The van der Waals surface area contributed by atoms with Crippen molar-refractivity contribution >= 4 is 6.03 Å². The normalized spacial score (nSPS) is 11.3. The van der Waals surface area contributed by atoms with Gasteiger partial charge in [-0.25, -0.2) is 4.79 Å². The number of ether oxygens (including phenoxy) is 1. The number of halogens is 3. The van der Waals surface area contributed by atoms with Crippen LogP contribution in [0.2, 0.25) is 0 Å². The summed E-state index contributed by atoms with van der Waals surface area (Å²) in [6.07, 6.45) is -3.78. The van der Waals surface area contributed by atoms with Crippen molar-refractivity contribution in [2.75, 3.05) is 26.7 Å². The molecule has 0 aromatic heterocycles. The maximum absolute atomic E-state index is 12.2. The Kier molecular flexibility index (Phi) is 8.13. The lowest BCUT2D eigenvalue weighted by atomic mass is 10.2. The number of para-hydroxylation sites is 1. The summed E-state index contributed by atoms with van der Waals surface area (Å²) in [7, 11) is 1.40. The first-order valence-electron chi connectivity index (χ1n) is 8.91. The second kappa shape index (κ2) is 10.6. The number of hydrogen-bond acceptors (Lipinski definition) is 3. The van der Waals surface area contributed by atoms with Crippen molar-refractivity contribution in [3.63, 3.8) is 0 Å². The van der Waals surface area contributed by atoms with Crippen LogP contribution in [-0.2, 0) is 6.54 Å². The van der Waals surface area contributed by atoms with Crippen LogP contribution < -0.4 is 15.4 Å². The van der Waals surface area contributed by atoms with E-state index in [2.05, 4.69) is 10.6 Å². The van der Waals surface area contributed by atoms with E-state index in [1.165, 1.54) is 11.9 Å². The first kappa shape index (κ1) is 21.6. The molecule has 28 heavy (non-hydrogen) atoms. The molecule has 0 aliphatic heterocycles. The van der Waals surface area contributed by atoms with Gasteiger partial charge in [0.15, 0.2) is 0 Å². The Labute approximate surface area is 162 Å². The van der Waals surface area contributed by atoms with E-state index >= 15 is 0 Å². The van der Waals surface area contributed by atoms with Crippen molar-refractivity contribution in [2.24, 2.45) is 0 Å². The Morgan fingerprint density at radius 2 is 1.75 bits per heavy atom. The quantitative estimate of drug-likeness (QED) is 0.627. The third-order valence-electron chi connectivity index (χ3n) is 3.78. The van der Waals surface area contributed by atoms with E-state index in [9.17, 15) is 18.0 Å². The van der Waals surface area contributed by atoms with Gasteiger partial charge in [0.1, 0.15) is 11.5 Å². The van der Waals surface area contributed by atoms with Crippen LogP contribution in [0, 0.1) is 0 Å². The molecule has 0 aliphatic rings. The van der Waals surface area contributed by atoms with E-state index in [4.69, 9.17) is 4.74 Å². The van der Waals surface area contributed by atoms with Crippen molar-refractivity contribution in [2.45, 2.75) is 19.1 Å². The summed E-state index contributed by atoms with van der Waals surface area (Å²) in [6.45, 7) is -0.101. The zero-order valence-corrected chi connectivity index (χ0v) is 15.6. The Hall–Kier alpha value is -2.74. The number of rotatable bonds is 9. The summed E-state index contributed by atoms with van der Waals surface area (Å²) in [4.78, 5) is 13.0. The predicted molar refractivity (Wildman–Crippen MR) is 101 cm³/mol. The van der Waals surface area contributed by atoms with Crippen LogP contribution in [0.3, 0.4) is 0 Å². The molecule has 0 aliphatic carbocycles. The highest BCUT2D eigenvalue weighted by Gasteiger charge is 2.28. The first-order chi connectivity index (χ1) is 13.3. The number of benzene rings is 2. The van der Waals surface area contributed by atoms with Crippen molar-refractivity contribution in [1.29, 1.82) is 0 Å². The molecular formula is C20H24F3N3O2. The third-order valence-corrected chi connectivity index (χ3v) is 3.78. The number of carbonyl (C=O) groups is 1. The van der Waals surface area contributed by atoms with E-state index in [-0.39, 0.29) is 12.6 Å². The smallest absolute Gasteiger partial charge is 0.401 e. The van der Waals surface area contributed by atoms with Gasteiger partial charge in [0.25, 0.3) is 0 Å². The lowest BCUT2D eigenvalue weighted by molar-refractivity contribution is -0.143. The molecule has 2 amide bonds. The minimum absolute atomic E-state index is 0.249. The Morgan fingerprint density at radius 1 is 1.04 bits per heavy atom. The largest absolute Gasteiger partial charge is 0.457 e. The Balaban J connectivity index is 1.68. The van der Waals surface area contributed by atoms with Gasteiger partial charge < -0.3 is 15.4 Å². The monoisotopic (exact) mass is 395 g/mol. The lowest BCUT2D eigenvalue weighted by Crippen LogP contribution is -2.37. The van der Waals surface area contributed by atoms with Crippen molar-refractivity contribution < 1.29 is 22.7 Å². The van der Waals surface area contributed by atoms with Gasteiger partial charge >= 0.3 is 12.2 Å². The third kappa shape index (κ3) is 8.77. The number of alkyl halides is 3.